The number of aryl methyl sites for hydroxylation is 1. The van der Waals surface area contributed by atoms with Gasteiger partial charge < -0.3 is 5.32 Å². The van der Waals surface area contributed by atoms with Crippen LogP contribution in [0.5, 0.6) is 0 Å². The molecule has 0 aliphatic rings. The van der Waals surface area contributed by atoms with Gasteiger partial charge in [0.2, 0.25) is 5.91 Å². The second-order valence-electron chi connectivity index (χ2n) is 5.30. The van der Waals surface area contributed by atoms with Crippen molar-refractivity contribution in [2.24, 2.45) is 0 Å². The number of para-hydroxylation sites is 1. The lowest BCUT2D eigenvalue weighted by atomic mass is 10.2. The van der Waals surface area contributed by atoms with Crippen LogP contribution >= 0.6 is 55.0 Å². The molecule has 1 amide bonds. The number of carbonyl (C=O) groups excluding carboxylic acids is 1. The first-order chi connectivity index (χ1) is 11.4. The van der Waals surface area contributed by atoms with Crippen molar-refractivity contribution in [2.45, 2.75) is 23.4 Å². The number of nitrogens with one attached hydrogen (secondary N) is 1. The number of halogens is 2. The van der Waals surface area contributed by atoms with Crippen LogP contribution in [0, 0.1) is 6.92 Å². The fourth-order valence-electron chi connectivity index (χ4n) is 2.15. The van der Waals surface area contributed by atoms with Crippen LogP contribution in [0.15, 0.2) is 49.7 Å². The van der Waals surface area contributed by atoms with Crippen molar-refractivity contribution in [3.8, 4) is 0 Å². The number of hydrogen-bond acceptors (Lipinski definition) is 4. The quantitative estimate of drug-likeness (QED) is 0.444. The van der Waals surface area contributed by atoms with Gasteiger partial charge in [0.25, 0.3) is 0 Å². The number of thioether (sulfide) groups is 1. The number of anilines is 1. The largest absolute Gasteiger partial charge is 0.323 e. The number of nitrogens with zero attached hydrogens (tertiary/aromatic N) is 1. The van der Waals surface area contributed by atoms with E-state index in [9.17, 15) is 4.79 Å². The Morgan fingerprint density at radius 2 is 1.92 bits per heavy atom. The van der Waals surface area contributed by atoms with Gasteiger partial charge in [-0.25, -0.2) is 4.98 Å². The molecule has 1 heterocycles. The third-order valence-corrected chi connectivity index (χ3v) is 6.84. The third-order valence-electron chi connectivity index (χ3n) is 3.36. The Morgan fingerprint density at radius 1 is 1.25 bits per heavy atom. The fourth-order valence-corrected chi connectivity index (χ4v) is 5.98. The second-order valence-corrected chi connectivity index (χ2v) is 9.63. The van der Waals surface area contributed by atoms with E-state index in [1.54, 1.807) is 11.3 Å². The Labute approximate surface area is 165 Å². The average Bonchev–Trinajstić information content (AvgIpc) is 2.92. The zero-order valence-electron chi connectivity index (χ0n) is 13.0. The fraction of sp³-hybridized carbons (Fsp3) is 0.176. The molecule has 0 fully saturated rings. The third kappa shape index (κ3) is 4.02. The molecule has 1 aromatic heterocycles. The maximum Gasteiger partial charge on any atom is 0.237 e. The molecule has 124 valence electrons. The van der Waals surface area contributed by atoms with Crippen LogP contribution in [0.3, 0.4) is 0 Å². The molecule has 0 bridgehead atoms. The summed E-state index contributed by atoms with van der Waals surface area (Å²) in [6.45, 7) is 3.90. The molecule has 24 heavy (non-hydrogen) atoms. The molecule has 0 saturated carbocycles. The lowest BCUT2D eigenvalue weighted by Crippen LogP contribution is -2.22. The maximum atomic E-state index is 12.5. The molecule has 1 atom stereocenters. The normalized spacial score (nSPS) is 12.3. The van der Waals surface area contributed by atoms with Crippen molar-refractivity contribution in [3.63, 3.8) is 0 Å². The molecule has 0 radical (unpaired) electrons. The summed E-state index contributed by atoms with van der Waals surface area (Å²) in [7, 11) is 0. The van der Waals surface area contributed by atoms with Crippen molar-refractivity contribution in [3.05, 3.63) is 50.9 Å². The Balaban J connectivity index is 1.73. The van der Waals surface area contributed by atoms with Gasteiger partial charge in [0.15, 0.2) is 4.34 Å². The number of thiazole rings is 1. The minimum Gasteiger partial charge on any atom is -0.323 e. The van der Waals surface area contributed by atoms with Crippen LogP contribution in [0.25, 0.3) is 10.2 Å². The van der Waals surface area contributed by atoms with Gasteiger partial charge in [0, 0.05) is 8.95 Å². The van der Waals surface area contributed by atoms with Crippen LogP contribution in [-0.2, 0) is 4.79 Å². The molecule has 2 aromatic carbocycles. The van der Waals surface area contributed by atoms with Gasteiger partial charge in [-0.2, -0.15) is 0 Å². The van der Waals surface area contributed by atoms with E-state index in [1.807, 2.05) is 50.2 Å². The van der Waals surface area contributed by atoms with Gasteiger partial charge in [-0.15, -0.1) is 11.3 Å². The highest BCUT2D eigenvalue weighted by atomic mass is 79.9. The van der Waals surface area contributed by atoms with E-state index in [-0.39, 0.29) is 11.2 Å². The van der Waals surface area contributed by atoms with Gasteiger partial charge in [-0.05, 0) is 75.5 Å². The van der Waals surface area contributed by atoms with E-state index >= 15 is 0 Å². The minimum absolute atomic E-state index is 0.0514. The summed E-state index contributed by atoms with van der Waals surface area (Å²) in [6, 6.07) is 12.0. The number of fused-ring (bicyclic) bond motifs is 1. The zero-order chi connectivity index (χ0) is 17.3. The van der Waals surface area contributed by atoms with Crippen molar-refractivity contribution in [2.75, 3.05) is 5.32 Å². The number of hydrogen-bond donors (Lipinski definition) is 1. The first kappa shape index (κ1) is 17.9. The molecule has 0 aliphatic heterocycles. The predicted octanol–water partition coefficient (Wildman–Crippen LogP) is 6.25. The standard InChI is InChI=1S/C17H14Br2N2OS2/c1-9-7-11(18)15(12(19)8-9)21-16(22)10(2)23-17-20-13-5-3-4-6-14(13)24-17/h3-8,10H,1-2H3,(H,21,22)/t10-/m1/s1. The van der Waals surface area contributed by atoms with Crippen molar-refractivity contribution in [1.82, 2.24) is 4.98 Å². The molecule has 0 unspecified atom stereocenters. The average molecular weight is 486 g/mol. The summed E-state index contributed by atoms with van der Waals surface area (Å²) in [5.74, 6) is -0.0514. The molecule has 0 saturated heterocycles. The maximum absolute atomic E-state index is 12.5. The van der Waals surface area contributed by atoms with E-state index in [2.05, 4.69) is 42.2 Å². The van der Waals surface area contributed by atoms with Crippen LogP contribution < -0.4 is 5.32 Å². The van der Waals surface area contributed by atoms with Crippen molar-refractivity contribution in [1.29, 1.82) is 0 Å². The zero-order valence-corrected chi connectivity index (χ0v) is 17.8. The first-order valence-corrected chi connectivity index (χ1v) is 10.5. The SMILES string of the molecule is Cc1cc(Br)c(NC(=O)[C@@H](C)Sc2nc3ccccc3s2)c(Br)c1. The van der Waals surface area contributed by atoms with Gasteiger partial charge in [-0.3, -0.25) is 4.79 Å². The highest BCUT2D eigenvalue weighted by Crippen LogP contribution is 2.35. The summed E-state index contributed by atoms with van der Waals surface area (Å²) < 4.78 is 3.76. The van der Waals surface area contributed by atoms with Crippen LogP contribution in [-0.4, -0.2) is 16.1 Å². The number of amides is 1. The van der Waals surface area contributed by atoms with Gasteiger partial charge >= 0.3 is 0 Å². The van der Waals surface area contributed by atoms with Gasteiger partial charge in [0.1, 0.15) is 0 Å². The van der Waals surface area contributed by atoms with E-state index in [4.69, 9.17) is 0 Å². The molecule has 0 spiro atoms. The molecular formula is C17H14Br2N2OS2. The summed E-state index contributed by atoms with van der Waals surface area (Å²) in [5.41, 5.74) is 2.84. The topological polar surface area (TPSA) is 42.0 Å². The molecule has 3 nitrogen and oxygen atoms in total. The molecule has 1 N–H and O–H groups in total. The van der Waals surface area contributed by atoms with Crippen LogP contribution in [0.1, 0.15) is 12.5 Å². The summed E-state index contributed by atoms with van der Waals surface area (Å²) in [6.07, 6.45) is 0. The van der Waals surface area contributed by atoms with E-state index < -0.39 is 0 Å². The lowest BCUT2D eigenvalue weighted by Gasteiger charge is -2.14. The smallest absolute Gasteiger partial charge is 0.237 e. The number of aromatic nitrogens is 1. The van der Waals surface area contributed by atoms with Crippen LogP contribution in [0.2, 0.25) is 0 Å². The number of rotatable bonds is 4. The van der Waals surface area contributed by atoms with E-state index in [0.29, 0.717) is 0 Å². The summed E-state index contributed by atoms with van der Waals surface area (Å²) >= 11 is 10.1. The number of carbonyl (C=O) groups is 1. The highest BCUT2D eigenvalue weighted by Gasteiger charge is 2.19. The Bertz CT molecular complexity index is 854. The lowest BCUT2D eigenvalue weighted by molar-refractivity contribution is -0.115. The highest BCUT2D eigenvalue weighted by molar-refractivity contribution is 9.11. The van der Waals surface area contributed by atoms with Crippen molar-refractivity contribution < 1.29 is 4.79 Å². The molecule has 0 aliphatic carbocycles. The molecule has 7 heteroatoms. The molecule has 3 aromatic rings. The predicted molar refractivity (Wildman–Crippen MR) is 110 cm³/mol. The van der Waals surface area contributed by atoms with E-state index in [0.717, 1.165) is 34.8 Å². The number of benzene rings is 2. The Morgan fingerprint density at radius 3 is 2.58 bits per heavy atom. The summed E-state index contributed by atoms with van der Waals surface area (Å²) in [5, 5.41) is 2.74. The Kier molecular flexibility index (Phi) is 5.64. The van der Waals surface area contributed by atoms with E-state index in [1.165, 1.54) is 11.8 Å². The molecular weight excluding hydrogens is 472 g/mol. The first-order valence-electron chi connectivity index (χ1n) is 7.23. The second kappa shape index (κ2) is 7.56. The molecule has 3 rings (SSSR count). The van der Waals surface area contributed by atoms with Crippen molar-refractivity contribution >= 4 is 76.8 Å². The minimum atomic E-state index is -0.245. The monoisotopic (exact) mass is 484 g/mol. The van der Waals surface area contributed by atoms with Gasteiger partial charge in [0.05, 0.1) is 21.2 Å². The van der Waals surface area contributed by atoms with Gasteiger partial charge in [-0.1, -0.05) is 23.9 Å². The van der Waals surface area contributed by atoms with Crippen LogP contribution in [0.4, 0.5) is 5.69 Å². The Hall–Kier alpha value is -0.890. The summed E-state index contributed by atoms with van der Waals surface area (Å²) in [4.78, 5) is 17.1.